The molecular weight excluding hydrogens is 304 g/mol. The van der Waals surface area contributed by atoms with Gasteiger partial charge >= 0.3 is 0 Å². The topological polar surface area (TPSA) is 41.1 Å². The van der Waals surface area contributed by atoms with Crippen LogP contribution in [0.3, 0.4) is 0 Å². The quantitative estimate of drug-likeness (QED) is 0.727. The summed E-state index contributed by atoms with van der Waals surface area (Å²) in [5.74, 6) is 0.0507. The van der Waals surface area contributed by atoms with E-state index in [2.05, 4.69) is 24.5 Å². The van der Waals surface area contributed by atoms with Crippen LogP contribution in [0.5, 0.6) is 0 Å². The average molecular weight is 328 g/mol. The van der Waals surface area contributed by atoms with Gasteiger partial charge in [-0.05, 0) is 31.2 Å². The van der Waals surface area contributed by atoms with Crippen molar-refractivity contribution in [3.05, 3.63) is 66.2 Å². The molecule has 0 fully saturated rings. The Bertz CT molecular complexity index is 589. The molecule has 0 heterocycles. The van der Waals surface area contributed by atoms with E-state index in [1.54, 1.807) is 11.8 Å². The number of amides is 1. The molecule has 0 spiro atoms. The highest BCUT2D eigenvalue weighted by molar-refractivity contribution is 8.00. The minimum absolute atomic E-state index is 0.0507. The van der Waals surface area contributed by atoms with Gasteiger partial charge in [0.15, 0.2) is 0 Å². The zero-order valence-electron chi connectivity index (χ0n) is 13.7. The molecule has 0 aliphatic carbocycles. The third-order valence-electron chi connectivity index (χ3n) is 3.47. The van der Waals surface area contributed by atoms with Crippen molar-refractivity contribution in [1.29, 1.82) is 0 Å². The van der Waals surface area contributed by atoms with Crippen LogP contribution in [0.1, 0.15) is 24.7 Å². The van der Waals surface area contributed by atoms with Crippen molar-refractivity contribution in [2.45, 2.75) is 30.0 Å². The summed E-state index contributed by atoms with van der Waals surface area (Å²) in [4.78, 5) is 13.8. The van der Waals surface area contributed by atoms with Crippen LogP contribution in [-0.2, 0) is 4.79 Å². The highest BCUT2D eigenvalue weighted by Crippen LogP contribution is 2.35. The van der Waals surface area contributed by atoms with Gasteiger partial charge in [-0.1, -0.05) is 55.5 Å². The van der Waals surface area contributed by atoms with Crippen LogP contribution in [0.25, 0.3) is 0 Å². The number of nitrogens with one attached hydrogen (secondary N) is 2. The van der Waals surface area contributed by atoms with Crippen LogP contribution in [0.15, 0.2) is 65.6 Å². The average Bonchev–Trinajstić information content (AvgIpc) is 2.59. The summed E-state index contributed by atoms with van der Waals surface area (Å²) in [5, 5.41) is 6.13. The molecule has 4 heteroatoms. The molecule has 2 atom stereocenters. The predicted molar refractivity (Wildman–Crippen MR) is 97.6 cm³/mol. The van der Waals surface area contributed by atoms with E-state index in [1.165, 1.54) is 0 Å². The van der Waals surface area contributed by atoms with Gasteiger partial charge in [0.1, 0.15) is 5.25 Å². The number of likely N-dealkylation sites (N-methyl/N-ethyl adjacent to an activating group) is 1. The van der Waals surface area contributed by atoms with Gasteiger partial charge in [0.2, 0.25) is 5.91 Å². The van der Waals surface area contributed by atoms with E-state index in [9.17, 15) is 4.79 Å². The summed E-state index contributed by atoms with van der Waals surface area (Å²) in [5.41, 5.74) is 1.02. The van der Waals surface area contributed by atoms with E-state index in [-0.39, 0.29) is 17.2 Å². The fourth-order valence-corrected chi connectivity index (χ4v) is 3.37. The monoisotopic (exact) mass is 328 g/mol. The van der Waals surface area contributed by atoms with Crippen LogP contribution in [0.2, 0.25) is 0 Å². The maximum atomic E-state index is 12.7. The van der Waals surface area contributed by atoms with Crippen molar-refractivity contribution in [3.63, 3.8) is 0 Å². The summed E-state index contributed by atoms with van der Waals surface area (Å²) in [6.45, 7) is 5.67. The van der Waals surface area contributed by atoms with Crippen LogP contribution >= 0.6 is 11.8 Å². The second kappa shape index (κ2) is 9.38. The van der Waals surface area contributed by atoms with Gasteiger partial charge in [-0.15, -0.1) is 11.8 Å². The van der Waals surface area contributed by atoms with Crippen LogP contribution < -0.4 is 10.6 Å². The van der Waals surface area contributed by atoms with Crippen LogP contribution in [0, 0.1) is 0 Å². The van der Waals surface area contributed by atoms with Crippen molar-refractivity contribution in [1.82, 2.24) is 10.6 Å². The normalized spacial score (nSPS) is 13.3. The molecule has 0 aromatic heterocycles. The highest BCUT2D eigenvalue weighted by Gasteiger charge is 2.22. The zero-order valence-corrected chi connectivity index (χ0v) is 14.5. The molecule has 2 N–H and O–H groups in total. The smallest absolute Gasteiger partial charge is 0.238 e. The van der Waals surface area contributed by atoms with Gasteiger partial charge in [-0.2, -0.15) is 0 Å². The summed E-state index contributed by atoms with van der Waals surface area (Å²) in [6, 6.07) is 20.3. The van der Waals surface area contributed by atoms with Crippen molar-refractivity contribution < 1.29 is 4.79 Å². The van der Waals surface area contributed by atoms with Crippen molar-refractivity contribution in [2.24, 2.45) is 0 Å². The van der Waals surface area contributed by atoms with Gasteiger partial charge in [0, 0.05) is 17.5 Å². The third kappa shape index (κ3) is 5.73. The largest absolute Gasteiger partial charge is 0.353 e. The number of carbonyl (C=O) groups excluding carboxylic acids is 1. The van der Waals surface area contributed by atoms with E-state index in [0.29, 0.717) is 6.54 Å². The third-order valence-corrected chi connectivity index (χ3v) is 4.74. The Morgan fingerprint density at radius 3 is 2.26 bits per heavy atom. The lowest BCUT2D eigenvalue weighted by atomic mass is 10.1. The molecule has 0 aliphatic heterocycles. The molecule has 2 aromatic carbocycles. The van der Waals surface area contributed by atoms with E-state index in [1.807, 2.05) is 60.7 Å². The van der Waals surface area contributed by atoms with E-state index >= 15 is 0 Å². The Balaban J connectivity index is 2.08. The van der Waals surface area contributed by atoms with E-state index in [0.717, 1.165) is 17.0 Å². The Hall–Kier alpha value is -1.78. The SMILES string of the molecule is CCN[C@H](C)CNC(=O)C(Sc1ccccc1)c1ccccc1. The Morgan fingerprint density at radius 1 is 1.04 bits per heavy atom. The number of carbonyl (C=O) groups is 1. The molecule has 1 amide bonds. The molecule has 0 bridgehead atoms. The predicted octanol–water partition coefficient (Wildman–Crippen LogP) is 3.63. The number of thioether (sulfide) groups is 1. The second-order valence-electron chi connectivity index (χ2n) is 5.43. The highest BCUT2D eigenvalue weighted by atomic mass is 32.2. The molecule has 2 rings (SSSR count). The minimum atomic E-state index is -0.243. The Labute approximate surface area is 142 Å². The lowest BCUT2D eigenvalue weighted by Gasteiger charge is -2.19. The summed E-state index contributed by atoms with van der Waals surface area (Å²) in [6.07, 6.45) is 0. The first-order chi connectivity index (χ1) is 11.2. The molecule has 1 unspecified atom stereocenters. The summed E-state index contributed by atoms with van der Waals surface area (Å²) >= 11 is 1.58. The van der Waals surface area contributed by atoms with Gasteiger partial charge in [-0.3, -0.25) is 4.79 Å². The molecule has 122 valence electrons. The van der Waals surface area contributed by atoms with Crippen molar-refractivity contribution in [2.75, 3.05) is 13.1 Å². The summed E-state index contributed by atoms with van der Waals surface area (Å²) < 4.78 is 0. The maximum absolute atomic E-state index is 12.7. The molecule has 0 saturated heterocycles. The van der Waals surface area contributed by atoms with Gasteiger partial charge < -0.3 is 10.6 Å². The van der Waals surface area contributed by atoms with E-state index in [4.69, 9.17) is 0 Å². The second-order valence-corrected chi connectivity index (χ2v) is 6.60. The molecule has 2 aromatic rings. The number of hydrogen-bond donors (Lipinski definition) is 2. The van der Waals surface area contributed by atoms with Gasteiger partial charge in [0.05, 0.1) is 0 Å². The standard InChI is InChI=1S/C19H24N2OS/c1-3-20-15(2)14-21-19(22)18(16-10-6-4-7-11-16)23-17-12-8-5-9-13-17/h4-13,15,18,20H,3,14H2,1-2H3,(H,21,22)/t15-,18?/m1/s1. The summed E-state index contributed by atoms with van der Waals surface area (Å²) in [7, 11) is 0. The molecule has 0 aliphatic rings. The first-order valence-corrected chi connectivity index (χ1v) is 8.86. The Morgan fingerprint density at radius 2 is 1.65 bits per heavy atom. The van der Waals surface area contributed by atoms with E-state index < -0.39 is 0 Å². The maximum Gasteiger partial charge on any atom is 0.238 e. The minimum Gasteiger partial charge on any atom is -0.353 e. The Kier molecular flexibility index (Phi) is 7.17. The molecular formula is C19H24N2OS. The van der Waals surface area contributed by atoms with Crippen LogP contribution in [0.4, 0.5) is 0 Å². The molecule has 0 saturated carbocycles. The lowest BCUT2D eigenvalue weighted by molar-refractivity contribution is -0.120. The zero-order chi connectivity index (χ0) is 16.5. The van der Waals surface area contributed by atoms with Crippen molar-refractivity contribution in [3.8, 4) is 0 Å². The van der Waals surface area contributed by atoms with Crippen LogP contribution in [-0.4, -0.2) is 25.0 Å². The number of benzene rings is 2. The number of hydrogen-bond acceptors (Lipinski definition) is 3. The number of rotatable bonds is 8. The first kappa shape index (κ1) is 17.6. The van der Waals surface area contributed by atoms with Crippen molar-refractivity contribution >= 4 is 17.7 Å². The lowest BCUT2D eigenvalue weighted by Crippen LogP contribution is -2.40. The fraction of sp³-hybridized carbons (Fsp3) is 0.316. The molecule has 3 nitrogen and oxygen atoms in total. The van der Waals surface area contributed by atoms with Gasteiger partial charge in [-0.25, -0.2) is 0 Å². The fourth-order valence-electron chi connectivity index (χ4n) is 2.30. The molecule has 23 heavy (non-hydrogen) atoms. The molecule has 0 radical (unpaired) electrons. The van der Waals surface area contributed by atoms with Gasteiger partial charge in [0.25, 0.3) is 0 Å². The first-order valence-electron chi connectivity index (χ1n) is 7.98.